The predicted octanol–water partition coefficient (Wildman–Crippen LogP) is 2.33. The van der Waals surface area contributed by atoms with E-state index in [1.807, 2.05) is 24.3 Å². The molecule has 6 nitrogen and oxygen atoms in total. The zero-order valence-corrected chi connectivity index (χ0v) is 14.6. The van der Waals surface area contributed by atoms with Crippen LogP contribution in [0.5, 0.6) is 5.75 Å². The number of nitrogens with two attached hydrogens (primary N) is 1. The Hall–Kier alpha value is -2.12. The first-order chi connectivity index (χ1) is 11.4. The highest BCUT2D eigenvalue weighted by molar-refractivity contribution is 7.89. The smallest absolute Gasteiger partial charge is 0.245 e. The second kappa shape index (κ2) is 6.41. The van der Waals surface area contributed by atoms with Crippen molar-refractivity contribution in [1.82, 2.24) is 9.29 Å². The molecule has 2 N–H and O–H groups in total. The Morgan fingerprint density at radius 2 is 2.04 bits per heavy atom. The molecule has 1 heterocycles. The number of hydrogen-bond acceptors (Lipinski definition) is 5. The van der Waals surface area contributed by atoms with E-state index in [1.165, 1.54) is 10.5 Å². The number of aryl methyl sites for hydroxylation is 1. The molecule has 128 valence electrons. The third-order valence-corrected chi connectivity index (χ3v) is 6.04. The average molecular weight is 347 g/mol. The van der Waals surface area contributed by atoms with Crippen LogP contribution >= 0.6 is 0 Å². The average Bonchev–Trinajstić information content (AvgIpc) is 3.40. The molecule has 24 heavy (non-hydrogen) atoms. The second-order valence-corrected chi connectivity index (χ2v) is 7.86. The molecule has 0 unspecified atom stereocenters. The van der Waals surface area contributed by atoms with Gasteiger partial charge in [0.1, 0.15) is 16.5 Å². The van der Waals surface area contributed by atoms with Crippen LogP contribution in [-0.4, -0.2) is 30.9 Å². The zero-order chi connectivity index (χ0) is 17.3. The largest absolute Gasteiger partial charge is 0.496 e. The number of sulfonamides is 1. The van der Waals surface area contributed by atoms with E-state index in [0.29, 0.717) is 17.1 Å². The monoisotopic (exact) mass is 347 g/mol. The molecule has 1 aliphatic carbocycles. The number of hydrogen-bond donors (Lipinski definition) is 1. The maximum Gasteiger partial charge on any atom is 0.245 e. The number of benzene rings is 1. The summed E-state index contributed by atoms with van der Waals surface area (Å²) in [6, 6.07) is 9.07. The van der Waals surface area contributed by atoms with Crippen LogP contribution in [0.15, 0.2) is 41.4 Å². The fourth-order valence-corrected chi connectivity index (χ4v) is 4.31. The van der Waals surface area contributed by atoms with E-state index >= 15 is 0 Å². The summed E-state index contributed by atoms with van der Waals surface area (Å²) >= 11 is 0. The fourth-order valence-electron chi connectivity index (χ4n) is 2.61. The summed E-state index contributed by atoms with van der Waals surface area (Å²) in [6.45, 7) is 2.03. The molecule has 0 saturated heterocycles. The van der Waals surface area contributed by atoms with Gasteiger partial charge in [-0.25, -0.2) is 13.4 Å². The summed E-state index contributed by atoms with van der Waals surface area (Å²) in [5.74, 6) is 1.03. The second-order valence-electron chi connectivity index (χ2n) is 5.97. The van der Waals surface area contributed by atoms with Gasteiger partial charge in [0.05, 0.1) is 7.11 Å². The van der Waals surface area contributed by atoms with Gasteiger partial charge in [0, 0.05) is 24.3 Å². The van der Waals surface area contributed by atoms with Gasteiger partial charge in [-0.15, -0.1) is 0 Å². The lowest BCUT2D eigenvalue weighted by atomic mass is 10.2. The highest BCUT2D eigenvalue weighted by Crippen LogP contribution is 2.35. The van der Waals surface area contributed by atoms with Gasteiger partial charge in [-0.3, -0.25) is 0 Å². The number of anilines is 1. The van der Waals surface area contributed by atoms with E-state index in [1.54, 1.807) is 20.1 Å². The van der Waals surface area contributed by atoms with E-state index < -0.39 is 10.0 Å². The van der Waals surface area contributed by atoms with Crippen LogP contribution in [0.25, 0.3) is 0 Å². The van der Waals surface area contributed by atoms with Crippen LogP contribution in [0, 0.1) is 6.92 Å². The number of rotatable bonds is 6. The Kier molecular flexibility index (Phi) is 4.47. The summed E-state index contributed by atoms with van der Waals surface area (Å²) in [6.07, 6.45) is 3.07. The first kappa shape index (κ1) is 16.7. The van der Waals surface area contributed by atoms with Gasteiger partial charge in [-0.2, -0.15) is 4.31 Å². The standard InChI is InChI=1S/C17H21N3O3S/c1-12-9-15(10-19-17(12)18)24(21,22)20(14-7-8-14)11-13-5-3-4-6-16(13)23-2/h3-6,9-10,14H,7-8,11H2,1-2H3,(H2,18,19). The molecule has 1 saturated carbocycles. The summed E-state index contributed by atoms with van der Waals surface area (Å²) < 4.78 is 33.1. The maximum atomic E-state index is 13.1. The SMILES string of the molecule is COc1ccccc1CN(C1CC1)S(=O)(=O)c1cnc(N)c(C)c1. The van der Waals surface area contributed by atoms with Crippen molar-refractivity contribution in [2.75, 3.05) is 12.8 Å². The predicted molar refractivity (Wildman–Crippen MR) is 92.1 cm³/mol. The Balaban J connectivity index is 1.97. The van der Waals surface area contributed by atoms with Crippen LogP contribution in [-0.2, 0) is 16.6 Å². The number of ether oxygens (including phenoxy) is 1. The van der Waals surface area contributed by atoms with E-state index in [0.717, 1.165) is 18.4 Å². The molecule has 7 heteroatoms. The molecule has 0 bridgehead atoms. The lowest BCUT2D eigenvalue weighted by Crippen LogP contribution is -2.33. The normalized spacial score (nSPS) is 14.8. The summed E-state index contributed by atoms with van der Waals surface area (Å²) in [5.41, 5.74) is 7.21. The lowest BCUT2D eigenvalue weighted by Gasteiger charge is -2.23. The van der Waals surface area contributed by atoms with Crippen LogP contribution < -0.4 is 10.5 Å². The minimum Gasteiger partial charge on any atom is -0.496 e. The van der Waals surface area contributed by atoms with Crippen molar-refractivity contribution in [2.45, 2.75) is 37.2 Å². The van der Waals surface area contributed by atoms with E-state index in [9.17, 15) is 8.42 Å². The van der Waals surface area contributed by atoms with Crippen LogP contribution in [0.2, 0.25) is 0 Å². The third-order valence-electron chi connectivity index (χ3n) is 4.17. The highest BCUT2D eigenvalue weighted by Gasteiger charge is 2.38. The fraction of sp³-hybridized carbons (Fsp3) is 0.353. The first-order valence-corrected chi connectivity index (χ1v) is 9.23. The quantitative estimate of drug-likeness (QED) is 0.867. The Bertz CT molecular complexity index is 848. The molecule has 1 aliphatic rings. The highest BCUT2D eigenvalue weighted by atomic mass is 32.2. The molecule has 0 radical (unpaired) electrons. The van der Waals surface area contributed by atoms with E-state index in [2.05, 4.69) is 4.98 Å². The molecule has 0 amide bonds. The Labute approximate surface area is 142 Å². The van der Waals surface area contributed by atoms with Gasteiger partial charge in [-0.05, 0) is 37.5 Å². The van der Waals surface area contributed by atoms with Crippen molar-refractivity contribution in [2.24, 2.45) is 0 Å². The number of nitrogen functional groups attached to an aromatic ring is 1. The Morgan fingerprint density at radius 1 is 1.33 bits per heavy atom. The van der Waals surface area contributed by atoms with Crippen LogP contribution in [0.4, 0.5) is 5.82 Å². The van der Waals surface area contributed by atoms with Gasteiger partial charge in [0.2, 0.25) is 10.0 Å². The number of aromatic nitrogens is 1. The van der Waals surface area contributed by atoms with Gasteiger partial charge in [0.15, 0.2) is 0 Å². The molecule has 1 fully saturated rings. The third kappa shape index (κ3) is 3.22. The molecule has 1 aromatic heterocycles. The molecule has 3 rings (SSSR count). The van der Waals surface area contributed by atoms with Gasteiger partial charge in [0.25, 0.3) is 0 Å². The molecule has 0 spiro atoms. The Morgan fingerprint density at radius 3 is 2.67 bits per heavy atom. The summed E-state index contributed by atoms with van der Waals surface area (Å²) in [5, 5.41) is 0. The minimum atomic E-state index is -3.64. The molecular weight excluding hydrogens is 326 g/mol. The summed E-state index contributed by atoms with van der Waals surface area (Å²) in [4.78, 5) is 4.17. The summed E-state index contributed by atoms with van der Waals surface area (Å²) in [7, 11) is -2.06. The first-order valence-electron chi connectivity index (χ1n) is 7.79. The number of methoxy groups -OCH3 is 1. The molecule has 0 atom stereocenters. The topological polar surface area (TPSA) is 85.5 Å². The van der Waals surface area contributed by atoms with Crippen molar-refractivity contribution in [1.29, 1.82) is 0 Å². The minimum absolute atomic E-state index is 0.0257. The molecular formula is C17H21N3O3S. The number of para-hydroxylation sites is 1. The number of nitrogens with zero attached hydrogens (tertiary/aromatic N) is 2. The van der Waals surface area contributed by atoms with Gasteiger partial charge >= 0.3 is 0 Å². The van der Waals surface area contributed by atoms with Gasteiger partial charge in [-0.1, -0.05) is 18.2 Å². The van der Waals surface area contributed by atoms with Crippen molar-refractivity contribution in [3.8, 4) is 5.75 Å². The van der Waals surface area contributed by atoms with E-state index in [4.69, 9.17) is 10.5 Å². The van der Waals surface area contributed by atoms with Crippen molar-refractivity contribution < 1.29 is 13.2 Å². The van der Waals surface area contributed by atoms with Crippen LogP contribution in [0.3, 0.4) is 0 Å². The lowest BCUT2D eigenvalue weighted by molar-refractivity contribution is 0.374. The van der Waals surface area contributed by atoms with Crippen molar-refractivity contribution >= 4 is 15.8 Å². The van der Waals surface area contributed by atoms with Gasteiger partial charge < -0.3 is 10.5 Å². The molecule has 2 aromatic rings. The number of pyridine rings is 1. The zero-order valence-electron chi connectivity index (χ0n) is 13.8. The van der Waals surface area contributed by atoms with E-state index in [-0.39, 0.29) is 17.5 Å². The molecule has 1 aromatic carbocycles. The molecule has 0 aliphatic heterocycles. The van der Waals surface area contributed by atoms with Crippen LogP contribution in [0.1, 0.15) is 24.0 Å². The van der Waals surface area contributed by atoms with Crippen molar-refractivity contribution in [3.05, 3.63) is 47.7 Å². The maximum absolute atomic E-state index is 13.1. The van der Waals surface area contributed by atoms with Crippen molar-refractivity contribution in [3.63, 3.8) is 0 Å².